The van der Waals surface area contributed by atoms with Gasteiger partial charge in [-0.25, -0.2) is 13.4 Å². The molecular weight excluding hydrogens is 496 g/mol. The van der Waals surface area contributed by atoms with E-state index in [1.54, 1.807) is 29.2 Å². The largest absolute Gasteiger partial charge is 0.492 e. The highest BCUT2D eigenvalue weighted by molar-refractivity contribution is 7.89. The van der Waals surface area contributed by atoms with Crippen molar-refractivity contribution < 1.29 is 17.9 Å². The van der Waals surface area contributed by atoms with Crippen molar-refractivity contribution in [1.29, 1.82) is 0 Å². The van der Waals surface area contributed by atoms with Gasteiger partial charge >= 0.3 is 0 Å². The zero-order valence-electron chi connectivity index (χ0n) is 21.3. The van der Waals surface area contributed by atoms with Crippen molar-refractivity contribution in [3.63, 3.8) is 0 Å². The first kappa shape index (κ1) is 26.5. The van der Waals surface area contributed by atoms with Crippen molar-refractivity contribution in [3.8, 4) is 5.75 Å². The van der Waals surface area contributed by atoms with Crippen LogP contribution in [-0.2, 0) is 14.8 Å². The summed E-state index contributed by atoms with van der Waals surface area (Å²) in [5.41, 5.74) is 1.71. The Morgan fingerprint density at radius 1 is 1.17 bits per heavy atom. The average Bonchev–Trinajstić information content (AvgIpc) is 3.50. The second-order valence-corrected chi connectivity index (χ2v) is 12.2. The summed E-state index contributed by atoms with van der Waals surface area (Å²) < 4.78 is 35.1. The Kier molecular flexibility index (Phi) is 8.29. The molecule has 4 rings (SSSR count). The maximum atomic E-state index is 14.0. The van der Waals surface area contributed by atoms with Crippen molar-refractivity contribution in [2.75, 3.05) is 45.2 Å². The third-order valence-corrected chi connectivity index (χ3v) is 9.24. The first-order chi connectivity index (χ1) is 17.2. The zero-order valence-corrected chi connectivity index (χ0v) is 22.9. The molecule has 1 aromatic heterocycles. The molecule has 1 fully saturated rings. The molecule has 1 aliphatic heterocycles. The van der Waals surface area contributed by atoms with E-state index < -0.39 is 16.1 Å². The summed E-state index contributed by atoms with van der Waals surface area (Å²) in [6.07, 6.45) is 1.87. The molecular formula is C26H34N4O4S2. The molecule has 36 heavy (non-hydrogen) atoms. The number of fused-ring (bicyclic) bond motifs is 1. The fourth-order valence-corrected chi connectivity index (χ4v) is 7.11. The Balaban J connectivity index is 1.67. The minimum Gasteiger partial charge on any atom is -0.492 e. The number of carbonyl (C=O) groups excluding carboxylic acids is 1. The molecule has 0 aliphatic carbocycles. The third kappa shape index (κ3) is 5.56. The van der Waals surface area contributed by atoms with Crippen LogP contribution in [0, 0.1) is 6.92 Å². The van der Waals surface area contributed by atoms with Crippen LogP contribution in [-0.4, -0.2) is 74.9 Å². The van der Waals surface area contributed by atoms with Crippen molar-refractivity contribution in [1.82, 2.24) is 14.2 Å². The molecule has 0 spiro atoms. The Morgan fingerprint density at radius 3 is 2.61 bits per heavy atom. The molecule has 3 aromatic rings. The molecule has 194 valence electrons. The van der Waals surface area contributed by atoms with Crippen molar-refractivity contribution in [2.45, 2.75) is 44.0 Å². The predicted molar refractivity (Wildman–Crippen MR) is 144 cm³/mol. The van der Waals surface area contributed by atoms with Gasteiger partial charge in [-0.1, -0.05) is 35.1 Å². The van der Waals surface area contributed by atoms with Crippen LogP contribution >= 0.6 is 11.3 Å². The Bertz CT molecular complexity index is 1310. The number of carbonyl (C=O) groups is 1. The lowest BCUT2D eigenvalue weighted by atomic mass is 10.2. The monoisotopic (exact) mass is 530 g/mol. The minimum absolute atomic E-state index is 0.216. The first-order valence-corrected chi connectivity index (χ1v) is 14.5. The highest BCUT2D eigenvalue weighted by Crippen LogP contribution is 2.36. The smallest absolute Gasteiger partial charge is 0.247 e. The molecule has 0 N–H and O–H groups in total. The number of thiazole rings is 1. The van der Waals surface area contributed by atoms with Crippen LogP contribution in [0.15, 0.2) is 47.4 Å². The van der Waals surface area contributed by atoms with Gasteiger partial charge in [-0.2, -0.15) is 4.31 Å². The molecule has 1 aliphatic rings. The molecule has 0 saturated carbocycles. The Hall–Kier alpha value is -2.53. The van der Waals surface area contributed by atoms with E-state index in [4.69, 9.17) is 9.72 Å². The van der Waals surface area contributed by atoms with Crippen molar-refractivity contribution >= 4 is 42.6 Å². The standard InChI is InChI=1S/C26H34N4O4S2/c1-5-34-22-10-6-11-23-24(22)27-26(35-23)29(17-8-16-28(3)4)25(31)21-9-7-18-30(21)36(32,33)20-14-12-19(2)13-15-20/h6,10-15,21H,5,7-9,16-18H2,1-4H3. The Morgan fingerprint density at radius 2 is 1.92 bits per heavy atom. The van der Waals surface area contributed by atoms with E-state index in [0.29, 0.717) is 43.4 Å². The molecule has 10 heteroatoms. The summed E-state index contributed by atoms with van der Waals surface area (Å²) in [6.45, 7) is 5.94. The van der Waals surface area contributed by atoms with Crippen LogP contribution in [0.5, 0.6) is 5.75 Å². The lowest BCUT2D eigenvalue weighted by molar-refractivity contribution is -0.121. The van der Waals surface area contributed by atoms with Crippen LogP contribution in [0.1, 0.15) is 31.7 Å². The van der Waals surface area contributed by atoms with Gasteiger partial charge in [-0.15, -0.1) is 0 Å². The number of ether oxygens (including phenoxy) is 1. The molecule has 0 radical (unpaired) electrons. The van der Waals surface area contributed by atoms with Gasteiger partial charge in [0, 0.05) is 13.1 Å². The molecule has 0 bridgehead atoms. The SMILES string of the molecule is CCOc1cccc2sc(N(CCCN(C)C)C(=O)C3CCCN3S(=O)(=O)c3ccc(C)cc3)nc12. The molecule has 1 saturated heterocycles. The van der Waals surface area contributed by atoms with Crippen LogP contribution in [0.2, 0.25) is 0 Å². The van der Waals surface area contributed by atoms with Gasteiger partial charge in [0.15, 0.2) is 5.13 Å². The number of benzene rings is 2. The van der Waals surface area contributed by atoms with Crippen LogP contribution in [0.3, 0.4) is 0 Å². The maximum Gasteiger partial charge on any atom is 0.247 e. The van der Waals surface area contributed by atoms with Gasteiger partial charge in [0.1, 0.15) is 17.3 Å². The fourth-order valence-electron chi connectivity index (χ4n) is 4.44. The quantitative estimate of drug-likeness (QED) is 0.392. The maximum absolute atomic E-state index is 14.0. The summed E-state index contributed by atoms with van der Waals surface area (Å²) in [5.74, 6) is 0.460. The normalized spacial score (nSPS) is 16.6. The van der Waals surface area contributed by atoms with Crippen molar-refractivity contribution in [3.05, 3.63) is 48.0 Å². The second-order valence-electron chi connectivity index (χ2n) is 9.27. The number of aromatic nitrogens is 1. The molecule has 2 heterocycles. The Labute approximate surface area is 217 Å². The number of amides is 1. The van der Waals surface area contributed by atoms with E-state index in [9.17, 15) is 13.2 Å². The number of sulfonamides is 1. The van der Waals surface area contributed by atoms with E-state index in [2.05, 4.69) is 4.90 Å². The highest BCUT2D eigenvalue weighted by Gasteiger charge is 2.42. The summed E-state index contributed by atoms with van der Waals surface area (Å²) >= 11 is 1.43. The minimum atomic E-state index is -3.80. The highest BCUT2D eigenvalue weighted by atomic mass is 32.2. The van der Waals surface area contributed by atoms with Gasteiger partial charge < -0.3 is 9.64 Å². The van der Waals surface area contributed by atoms with E-state index in [0.717, 1.165) is 28.7 Å². The molecule has 1 amide bonds. The van der Waals surface area contributed by atoms with Gasteiger partial charge in [0.2, 0.25) is 15.9 Å². The number of anilines is 1. The van der Waals surface area contributed by atoms with Crippen LogP contribution < -0.4 is 9.64 Å². The van der Waals surface area contributed by atoms with Gasteiger partial charge in [-0.05, 0) is 78.0 Å². The number of hydrogen-bond donors (Lipinski definition) is 0. The number of nitrogens with zero attached hydrogens (tertiary/aromatic N) is 4. The van der Waals surface area contributed by atoms with Gasteiger partial charge in [0.05, 0.1) is 16.2 Å². The summed E-state index contributed by atoms with van der Waals surface area (Å²) in [7, 11) is 0.185. The topological polar surface area (TPSA) is 83.0 Å². The third-order valence-electron chi connectivity index (χ3n) is 6.27. The first-order valence-electron chi connectivity index (χ1n) is 12.3. The molecule has 1 unspecified atom stereocenters. The number of hydrogen-bond acceptors (Lipinski definition) is 7. The van der Waals surface area contributed by atoms with Crippen molar-refractivity contribution in [2.24, 2.45) is 0 Å². The second kappa shape index (κ2) is 11.2. The average molecular weight is 531 g/mol. The van der Waals surface area contributed by atoms with E-state index in [1.807, 2.05) is 46.1 Å². The van der Waals surface area contributed by atoms with E-state index in [1.165, 1.54) is 15.6 Å². The van der Waals surface area contributed by atoms with Gasteiger partial charge in [0.25, 0.3) is 0 Å². The summed E-state index contributed by atoms with van der Waals surface area (Å²) in [5, 5.41) is 0.570. The van der Waals surface area contributed by atoms with E-state index >= 15 is 0 Å². The van der Waals surface area contributed by atoms with Gasteiger partial charge in [-0.3, -0.25) is 9.69 Å². The fraction of sp³-hybridized carbons (Fsp3) is 0.462. The molecule has 1 atom stereocenters. The number of aryl methyl sites for hydroxylation is 1. The number of rotatable bonds is 10. The predicted octanol–water partition coefficient (Wildman–Crippen LogP) is 4.14. The molecule has 8 nitrogen and oxygen atoms in total. The lowest BCUT2D eigenvalue weighted by Crippen LogP contribution is -2.48. The number of para-hydroxylation sites is 1. The van der Waals surface area contributed by atoms with E-state index in [-0.39, 0.29) is 10.8 Å². The lowest BCUT2D eigenvalue weighted by Gasteiger charge is -2.29. The van der Waals surface area contributed by atoms with Crippen LogP contribution in [0.4, 0.5) is 5.13 Å². The molecule has 2 aromatic carbocycles. The zero-order chi connectivity index (χ0) is 25.9. The van der Waals surface area contributed by atoms with Crippen LogP contribution in [0.25, 0.3) is 10.2 Å². The summed E-state index contributed by atoms with van der Waals surface area (Å²) in [6, 6.07) is 11.8. The summed E-state index contributed by atoms with van der Waals surface area (Å²) in [4.78, 5) is 22.7.